The van der Waals surface area contributed by atoms with Crippen molar-refractivity contribution in [3.8, 4) is 0 Å². The topological polar surface area (TPSA) is 33.5 Å². The summed E-state index contributed by atoms with van der Waals surface area (Å²) in [6, 6.07) is 6.70. The summed E-state index contributed by atoms with van der Waals surface area (Å²) < 4.78 is 5.65. The number of furan rings is 1. The van der Waals surface area contributed by atoms with Crippen molar-refractivity contribution >= 4 is 16.9 Å². The van der Waals surface area contributed by atoms with Gasteiger partial charge in [-0.25, -0.2) is 0 Å². The number of hydrogen-bond acceptors (Lipinski definition) is 2. The molecule has 3 heteroatoms. The van der Waals surface area contributed by atoms with Gasteiger partial charge in [0.05, 0.1) is 12.7 Å². The summed E-state index contributed by atoms with van der Waals surface area (Å²) in [5, 5.41) is 1.08. The van der Waals surface area contributed by atoms with E-state index in [1.54, 1.807) is 6.26 Å². The first-order chi connectivity index (χ1) is 11.2. The number of rotatable bonds is 3. The molecule has 0 radical (unpaired) electrons. The van der Waals surface area contributed by atoms with E-state index in [4.69, 9.17) is 4.42 Å². The van der Waals surface area contributed by atoms with Gasteiger partial charge in [0, 0.05) is 23.5 Å². The summed E-state index contributed by atoms with van der Waals surface area (Å²) in [4.78, 5) is 15.0. The highest BCUT2D eigenvalue weighted by molar-refractivity contribution is 5.88. The van der Waals surface area contributed by atoms with Gasteiger partial charge in [-0.1, -0.05) is 25.0 Å². The monoisotopic (exact) mass is 311 g/mol. The Morgan fingerprint density at radius 1 is 1.22 bits per heavy atom. The minimum Gasteiger partial charge on any atom is -0.464 e. The van der Waals surface area contributed by atoms with Gasteiger partial charge in [0.25, 0.3) is 0 Å². The first-order valence-electron chi connectivity index (χ1n) is 8.98. The van der Waals surface area contributed by atoms with Gasteiger partial charge in [-0.2, -0.15) is 0 Å². The normalized spacial score (nSPS) is 22.3. The highest BCUT2D eigenvalue weighted by Gasteiger charge is 2.35. The van der Waals surface area contributed by atoms with Crippen molar-refractivity contribution in [3.63, 3.8) is 0 Å². The number of aryl methyl sites for hydroxylation is 1. The van der Waals surface area contributed by atoms with Crippen LogP contribution in [0.1, 0.15) is 49.7 Å². The Morgan fingerprint density at radius 3 is 2.87 bits per heavy atom. The van der Waals surface area contributed by atoms with Gasteiger partial charge in [-0.05, 0) is 50.2 Å². The molecule has 1 aliphatic heterocycles. The van der Waals surface area contributed by atoms with Crippen LogP contribution in [-0.2, 0) is 11.2 Å². The van der Waals surface area contributed by atoms with Gasteiger partial charge in [0.2, 0.25) is 5.91 Å². The zero-order valence-corrected chi connectivity index (χ0v) is 13.9. The van der Waals surface area contributed by atoms with Crippen LogP contribution in [0.25, 0.3) is 11.0 Å². The number of carbonyl (C=O) groups is 1. The lowest BCUT2D eigenvalue weighted by Crippen LogP contribution is -2.40. The van der Waals surface area contributed by atoms with Crippen LogP contribution < -0.4 is 0 Å². The van der Waals surface area contributed by atoms with Gasteiger partial charge in [0.1, 0.15) is 5.58 Å². The lowest BCUT2D eigenvalue weighted by molar-refractivity contribution is -0.132. The maximum Gasteiger partial charge on any atom is 0.227 e. The number of hydrogen-bond donors (Lipinski definition) is 0. The van der Waals surface area contributed by atoms with Crippen molar-refractivity contribution in [2.45, 2.75) is 57.9 Å². The summed E-state index contributed by atoms with van der Waals surface area (Å²) in [6.45, 7) is 3.00. The molecule has 1 saturated carbocycles. The largest absolute Gasteiger partial charge is 0.464 e. The van der Waals surface area contributed by atoms with Crippen molar-refractivity contribution in [1.82, 2.24) is 4.90 Å². The van der Waals surface area contributed by atoms with Crippen LogP contribution in [0.15, 0.2) is 28.9 Å². The molecule has 1 saturated heterocycles. The third-order valence-corrected chi connectivity index (χ3v) is 5.72. The Bertz CT molecular complexity index is 712. The van der Waals surface area contributed by atoms with E-state index in [9.17, 15) is 4.79 Å². The van der Waals surface area contributed by atoms with Gasteiger partial charge in [-0.15, -0.1) is 0 Å². The molecule has 0 spiro atoms. The molecule has 2 aliphatic rings. The van der Waals surface area contributed by atoms with Crippen LogP contribution in [-0.4, -0.2) is 23.4 Å². The molecular weight excluding hydrogens is 286 g/mol. The highest BCUT2D eigenvalue weighted by Crippen LogP contribution is 2.36. The Hall–Kier alpha value is -1.77. The molecular formula is C20H25NO2. The highest BCUT2D eigenvalue weighted by atomic mass is 16.3. The van der Waals surface area contributed by atoms with Crippen molar-refractivity contribution in [2.75, 3.05) is 6.54 Å². The number of amides is 1. The fourth-order valence-electron chi connectivity index (χ4n) is 4.53. The second-order valence-corrected chi connectivity index (χ2v) is 7.28. The van der Waals surface area contributed by atoms with E-state index < -0.39 is 0 Å². The fraction of sp³-hybridized carbons (Fsp3) is 0.550. The number of nitrogens with zero attached hydrogens (tertiary/aromatic N) is 1. The maximum absolute atomic E-state index is 12.9. The Labute approximate surface area is 137 Å². The Kier molecular flexibility index (Phi) is 3.88. The standard InChI is InChI=1S/C20H25NO2/c1-14-8-9-17-16(13-23-19(17)11-14)12-20(22)21-10-4-7-18(21)15-5-2-3-6-15/h8-9,11,13,15,18H,2-7,10,12H2,1H3. The summed E-state index contributed by atoms with van der Waals surface area (Å²) >= 11 is 0. The van der Waals surface area contributed by atoms with Crippen LogP contribution in [0, 0.1) is 12.8 Å². The SMILES string of the molecule is Cc1ccc2c(CC(=O)N3CCCC3C3CCCC3)coc2c1. The maximum atomic E-state index is 12.9. The third-order valence-electron chi connectivity index (χ3n) is 5.72. The third kappa shape index (κ3) is 2.77. The van der Waals surface area contributed by atoms with Gasteiger partial charge in [0.15, 0.2) is 0 Å². The summed E-state index contributed by atoms with van der Waals surface area (Å²) in [5.41, 5.74) is 3.11. The van der Waals surface area contributed by atoms with E-state index in [1.165, 1.54) is 37.7 Å². The zero-order valence-electron chi connectivity index (χ0n) is 13.9. The van der Waals surface area contributed by atoms with Gasteiger partial charge >= 0.3 is 0 Å². The van der Waals surface area contributed by atoms with Crippen molar-refractivity contribution < 1.29 is 9.21 Å². The molecule has 4 rings (SSSR count). The quantitative estimate of drug-likeness (QED) is 0.838. The van der Waals surface area contributed by atoms with E-state index in [0.717, 1.165) is 35.4 Å². The number of likely N-dealkylation sites (tertiary alicyclic amines) is 1. The molecule has 1 aliphatic carbocycles. The summed E-state index contributed by atoms with van der Waals surface area (Å²) in [5.74, 6) is 1.02. The van der Waals surface area contributed by atoms with E-state index in [0.29, 0.717) is 12.5 Å². The van der Waals surface area contributed by atoms with E-state index in [2.05, 4.69) is 24.0 Å². The molecule has 1 atom stereocenters. The van der Waals surface area contributed by atoms with Crippen LogP contribution in [0.3, 0.4) is 0 Å². The molecule has 2 heterocycles. The molecule has 0 N–H and O–H groups in total. The minimum atomic E-state index is 0.280. The number of carbonyl (C=O) groups excluding carboxylic acids is 1. The van der Waals surface area contributed by atoms with Gasteiger partial charge < -0.3 is 9.32 Å². The smallest absolute Gasteiger partial charge is 0.227 e. The molecule has 23 heavy (non-hydrogen) atoms. The van der Waals surface area contributed by atoms with Crippen LogP contribution in [0.2, 0.25) is 0 Å². The van der Waals surface area contributed by atoms with E-state index >= 15 is 0 Å². The molecule has 2 aromatic rings. The van der Waals surface area contributed by atoms with Crippen molar-refractivity contribution in [1.29, 1.82) is 0 Å². The average molecular weight is 311 g/mol. The average Bonchev–Trinajstić information content (AvgIpc) is 3.27. The molecule has 2 fully saturated rings. The van der Waals surface area contributed by atoms with Crippen LogP contribution in [0.4, 0.5) is 0 Å². The van der Waals surface area contributed by atoms with Crippen molar-refractivity contribution in [2.24, 2.45) is 5.92 Å². The predicted molar refractivity (Wildman–Crippen MR) is 91.3 cm³/mol. The Balaban J connectivity index is 1.52. The summed E-state index contributed by atoms with van der Waals surface area (Å²) in [7, 11) is 0. The number of benzene rings is 1. The molecule has 1 unspecified atom stereocenters. The molecule has 1 aromatic heterocycles. The minimum absolute atomic E-state index is 0.280. The van der Waals surface area contributed by atoms with E-state index in [-0.39, 0.29) is 5.91 Å². The molecule has 1 aromatic carbocycles. The lowest BCUT2D eigenvalue weighted by Gasteiger charge is -2.29. The summed E-state index contributed by atoms with van der Waals surface area (Å²) in [6.07, 6.45) is 9.90. The van der Waals surface area contributed by atoms with Gasteiger partial charge in [-0.3, -0.25) is 4.79 Å². The van der Waals surface area contributed by atoms with Crippen LogP contribution in [0.5, 0.6) is 0 Å². The second kappa shape index (κ2) is 6.03. The van der Waals surface area contributed by atoms with E-state index in [1.807, 2.05) is 6.07 Å². The fourth-order valence-corrected chi connectivity index (χ4v) is 4.53. The number of fused-ring (bicyclic) bond motifs is 1. The molecule has 122 valence electrons. The Morgan fingerprint density at radius 2 is 2.04 bits per heavy atom. The van der Waals surface area contributed by atoms with Crippen LogP contribution >= 0.6 is 0 Å². The predicted octanol–water partition coefficient (Wildman–Crippen LogP) is 4.46. The molecule has 0 bridgehead atoms. The molecule has 1 amide bonds. The lowest BCUT2D eigenvalue weighted by atomic mass is 9.95. The molecule has 3 nitrogen and oxygen atoms in total. The van der Waals surface area contributed by atoms with Crippen molar-refractivity contribution in [3.05, 3.63) is 35.6 Å². The first kappa shape index (κ1) is 14.8. The second-order valence-electron chi connectivity index (χ2n) is 7.28. The zero-order chi connectivity index (χ0) is 15.8. The first-order valence-corrected chi connectivity index (χ1v) is 8.98.